The molecule has 6 nitrogen and oxygen atoms in total. The fraction of sp³-hybridized carbons (Fsp3) is 0.318. The third-order valence-corrected chi connectivity index (χ3v) is 6.19. The van der Waals surface area contributed by atoms with E-state index in [9.17, 15) is 4.79 Å². The standard InChI is InChI=1S/C22H21ClN4O2/c1-12-2-3-19(25-8-12)13-4-5-27(9-13)22(28)15-6-14-16-10-29-11-17(16)21(24)26-20(14)7-18(15)23/h2-3,6-8,13H,4-5,9-11H2,1H3,(H2,24,26). The molecule has 1 saturated heterocycles. The minimum absolute atomic E-state index is 0.0593. The third-order valence-electron chi connectivity index (χ3n) is 5.88. The van der Waals surface area contributed by atoms with E-state index in [1.807, 2.05) is 24.1 Å². The first-order valence-corrected chi connectivity index (χ1v) is 10.1. The number of halogens is 1. The second-order valence-corrected chi connectivity index (χ2v) is 8.20. The Morgan fingerprint density at radius 2 is 2.10 bits per heavy atom. The van der Waals surface area contributed by atoms with Crippen molar-refractivity contribution < 1.29 is 9.53 Å². The SMILES string of the molecule is Cc1ccc(C2CCN(C(=O)c3cc4c5c(c(N)nc4cc3Cl)COC5)C2)nc1. The van der Waals surface area contributed by atoms with Gasteiger partial charge in [0.05, 0.1) is 29.3 Å². The summed E-state index contributed by atoms with van der Waals surface area (Å²) >= 11 is 6.48. The summed E-state index contributed by atoms with van der Waals surface area (Å²) in [7, 11) is 0. The Hall–Kier alpha value is -2.70. The van der Waals surface area contributed by atoms with Crippen LogP contribution < -0.4 is 5.73 Å². The monoisotopic (exact) mass is 408 g/mol. The molecule has 2 aliphatic heterocycles. The Morgan fingerprint density at radius 3 is 2.90 bits per heavy atom. The molecule has 2 N–H and O–H groups in total. The van der Waals surface area contributed by atoms with Crippen molar-refractivity contribution in [2.75, 3.05) is 18.8 Å². The molecular weight excluding hydrogens is 388 g/mol. The number of anilines is 1. The van der Waals surface area contributed by atoms with E-state index in [4.69, 9.17) is 22.1 Å². The molecule has 1 amide bonds. The number of nitrogens with two attached hydrogens (primary N) is 1. The van der Waals surface area contributed by atoms with Crippen LogP contribution in [-0.2, 0) is 18.0 Å². The van der Waals surface area contributed by atoms with Gasteiger partial charge in [-0.1, -0.05) is 17.7 Å². The van der Waals surface area contributed by atoms with E-state index in [0.717, 1.165) is 34.2 Å². The highest BCUT2D eigenvalue weighted by Gasteiger charge is 2.30. The Balaban J connectivity index is 1.46. The predicted molar refractivity (Wildman–Crippen MR) is 112 cm³/mol. The number of carbonyl (C=O) groups excluding carboxylic acids is 1. The molecule has 7 heteroatoms. The lowest BCUT2D eigenvalue weighted by atomic mass is 10.0. The summed E-state index contributed by atoms with van der Waals surface area (Å²) in [6.45, 7) is 4.28. The Bertz CT molecular complexity index is 1130. The fourth-order valence-corrected chi connectivity index (χ4v) is 4.47. The van der Waals surface area contributed by atoms with Crippen molar-refractivity contribution in [3.05, 3.63) is 63.4 Å². The Labute approximate surface area is 173 Å². The molecule has 2 aliphatic rings. The second-order valence-electron chi connectivity index (χ2n) is 7.79. The Morgan fingerprint density at radius 1 is 1.28 bits per heavy atom. The van der Waals surface area contributed by atoms with E-state index in [1.165, 1.54) is 0 Å². The second kappa shape index (κ2) is 6.97. The zero-order valence-electron chi connectivity index (χ0n) is 16.1. The molecule has 29 heavy (non-hydrogen) atoms. The minimum atomic E-state index is -0.0593. The molecule has 1 fully saturated rings. The number of pyridine rings is 2. The zero-order chi connectivity index (χ0) is 20.1. The number of aromatic nitrogens is 2. The maximum atomic E-state index is 13.3. The van der Waals surface area contributed by atoms with Crippen molar-refractivity contribution >= 4 is 34.2 Å². The lowest BCUT2D eigenvalue weighted by molar-refractivity contribution is 0.0791. The van der Waals surface area contributed by atoms with Gasteiger partial charge in [0, 0.05) is 41.8 Å². The van der Waals surface area contributed by atoms with Gasteiger partial charge >= 0.3 is 0 Å². The molecule has 0 bridgehead atoms. The number of carbonyl (C=O) groups is 1. The number of benzene rings is 1. The van der Waals surface area contributed by atoms with Gasteiger partial charge in [0.25, 0.3) is 5.91 Å². The number of rotatable bonds is 2. The smallest absolute Gasteiger partial charge is 0.255 e. The summed E-state index contributed by atoms with van der Waals surface area (Å²) < 4.78 is 5.55. The van der Waals surface area contributed by atoms with E-state index >= 15 is 0 Å². The highest BCUT2D eigenvalue weighted by atomic mass is 35.5. The fourth-order valence-electron chi connectivity index (χ4n) is 4.23. The predicted octanol–water partition coefficient (Wildman–Crippen LogP) is 3.83. The molecule has 0 radical (unpaired) electrons. The topological polar surface area (TPSA) is 81.3 Å². The van der Waals surface area contributed by atoms with Gasteiger partial charge in [-0.15, -0.1) is 0 Å². The first kappa shape index (κ1) is 18.3. The molecule has 1 aromatic carbocycles. The molecule has 4 heterocycles. The average Bonchev–Trinajstić information content (AvgIpc) is 3.38. The van der Waals surface area contributed by atoms with Gasteiger partial charge in [0.1, 0.15) is 5.82 Å². The molecule has 5 rings (SSSR count). The van der Waals surface area contributed by atoms with Gasteiger partial charge < -0.3 is 15.4 Å². The molecule has 0 spiro atoms. The molecule has 0 aliphatic carbocycles. The maximum Gasteiger partial charge on any atom is 0.255 e. The van der Waals surface area contributed by atoms with Crippen molar-refractivity contribution in [2.45, 2.75) is 32.5 Å². The number of hydrogen-bond acceptors (Lipinski definition) is 5. The number of fused-ring (bicyclic) bond motifs is 3. The number of aryl methyl sites for hydroxylation is 1. The number of hydrogen-bond donors (Lipinski definition) is 1. The van der Waals surface area contributed by atoms with Gasteiger partial charge in [-0.05, 0) is 42.7 Å². The normalized spacial score (nSPS) is 18.4. The van der Waals surface area contributed by atoms with E-state index < -0.39 is 0 Å². The number of ether oxygens (including phenoxy) is 1. The first-order valence-electron chi connectivity index (χ1n) is 9.71. The summed E-state index contributed by atoms with van der Waals surface area (Å²) in [5.74, 6) is 0.655. The molecule has 3 aromatic rings. The molecule has 0 saturated carbocycles. The average molecular weight is 409 g/mol. The van der Waals surface area contributed by atoms with Crippen LogP contribution in [0, 0.1) is 6.92 Å². The summed E-state index contributed by atoms with van der Waals surface area (Å²) in [5, 5.41) is 1.28. The largest absolute Gasteiger partial charge is 0.383 e. The minimum Gasteiger partial charge on any atom is -0.383 e. The molecular formula is C22H21ClN4O2. The van der Waals surface area contributed by atoms with Gasteiger partial charge in [0.15, 0.2) is 0 Å². The van der Waals surface area contributed by atoms with Crippen LogP contribution in [0.5, 0.6) is 0 Å². The zero-order valence-corrected chi connectivity index (χ0v) is 16.9. The van der Waals surface area contributed by atoms with Gasteiger partial charge in [-0.2, -0.15) is 0 Å². The summed E-state index contributed by atoms with van der Waals surface area (Å²) in [4.78, 5) is 24.1. The number of nitrogen functional groups attached to an aromatic ring is 1. The van der Waals surface area contributed by atoms with E-state index in [-0.39, 0.29) is 11.8 Å². The molecule has 2 aromatic heterocycles. The van der Waals surface area contributed by atoms with Crippen LogP contribution in [0.15, 0.2) is 30.5 Å². The van der Waals surface area contributed by atoms with Crippen LogP contribution in [0.25, 0.3) is 10.9 Å². The van der Waals surface area contributed by atoms with E-state index in [2.05, 4.69) is 22.1 Å². The summed E-state index contributed by atoms with van der Waals surface area (Å²) in [5.41, 5.74) is 11.3. The number of nitrogens with zero attached hydrogens (tertiary/aromatic N) is 3. The van der Waals surface area contributed by atoms with E-state index in [0.29, 0.717) is 48.2 Å². The lowest BCUT2D eigenvalue weighted by Crippen LogP contribution is -2.28. The molecule has 1 atom stereocenters. The third kappa shape index (κ3) is 3.12. The number of amides is 1. The number of likely N-dealkylation sites (tertiary alicyclic amines) is 1. The van der Waals surface area contributed by atoms with Crippen LogP contribution in [0.4, 0.5) is 5.82 Å². The van der Waals surface area contributed by atoms with Crippen LogP contribution in [0.1, 0.15) is 45.1 Å². The van der Waals surface area contributed by atoms with Crippen LogP contribution in [-0.4, -0.2) is 33.9 Å². The van der Waals surface area contributed by atoms with Gasteiger partial charge in [0.2, 0.25) is 0 Å². The Kier molecular flexibility index (Phi) is 4.41. The van der Waals surface area contributed by atoms with Crippen molar-refractivity contribution in [1.82, 2.24) is 14.9 Å². The molecule has 1 unspecified atom stereocenters. The van der Waals surface area contributed by atoms with Gasteiger partial charge in [-0.25, -0.2) is 4.98 Å². The summed E-state index contributed by atoms with van der Waals surface area (Å²) in [6, 6.07) is 7.69. The van der Waals surface area contributed by atoms with Gasteiger partial charge in [-0.3, -0.25) is 9.78 Å². The van der Waals surface area contributed by atoms with Crippen molar-refractivity contribution in [3.63, 3.8) is 0 Å². The van der Waals surface area contributed by atoms with Crippen LogP contribution in [0.2, 0.25) is 5.02 Å². The highest BCUT2D eigenvalue weighted by molar-refractivity contribution is 6.34. The highest BCUT2D eigenvalue weighted by Crippen LogP contribution is 2.35. The van der Waals surface area contributed by atoms with Crippen molar-refractivity contribution in [3.8, 4) is 0 Å². The van der Waals surface area contributed by atoms with Crippen molar-refractivity contribution in [1.29, 1.82) is 0 Å². The lowest BCUT2D eigenvalue weighted by Gasteiger charge is -2.18. The summed E-state index contributed by atoms with van der Waals surface area (Å²) in [6.07, 6.45) is 2.77. The van der Waals surface area contributed by atoms with E-state index in [1.54, 1.807) is 6.07 Å². The van der Waals surface area contributed by atoms with Crippen LogP contribution >= 0.6 is 11.6 Å². The first-order chi connectivity index (χ1) is 14.0. The van der Waals surface area contributed by atoms with Crippen LogP contribution in [0.3, 0.4) is 0 Å². The van der Waals surface area contributed by atoms with Crippen molar-refractivity contribution in [2.24, 2.45) is 0 Å². The molecule has 148 valence electrons. The quantitative estimate of drug-likeness (QED) is 0.696. The maximum absolute atomic E-state index is 13.3.